The molecular weight excluding hydrogens is 378 g/mol. The van der Waals surface area contributed by atoms with Crippen LogP contribution >= 0.6 is 0 Å². The van der Waals surface area contributed by atoms with Crippen molar-refractivity contribution in [1.82, 2.24) is 14.9 Å². The van der Waals surface area contributed by atoms with Crippen LogP contribution in [0.25, 0.3) is 11.0 Å². The summed E-state index contributed by atoms with van der Waals surface area (Å²) in [6.07, 6.45) is 3.58. The van der Waals surface area contributed by atoms with Gasteiger partial charge < -0.3 is 14.6 Å². The van der Waals surface area contributed by atoms with Crippen molar-refractivity contribution in [3.05, 3.63) is 65.5 Å². The highest BCUT2D eigenvalue weighted by Gasteiger charge is 2.14. The summed E-state index contributed by atoms with van der Waals surface area (Å²) in [5.74, 6) is 0.623. The maximum atomic E-state index is 12.3. The predicted molar refractivity (Wildman–Crippen MR) is 117 cm³/mol. The molecule has 1 heterocycles. The van der Waals surface area contributed by atoms with Crippen molar-refractivity contribution in [3.63, 3.8) is 0 Å². The second kappa shape index (κ2) is 10.6. The summed E-state index contributed by atoms with van der Waals surface area (Å²) >= 11 is 0. The van der Waals surface area contributed by atoms with Crippen molar-refractivity contribution < 1.29 is 14.3 Å². The van der Waals surface area contributed by atoms with E-state index in [1.165, 1.54) is 0 Å². The second-order valence-electron chi connectivity index (χ2n) is 7.29. The minimum atomic E-state index is -0.249. The fourth-order valence-corrected chi connectivity index (χ4v) is 3.54. The second-order valence-corrected chi connectivity index (χ2v) is 7.29. The molecule has 0 fully saturated rings. The molecule has 0 radical (unpaired) electrons. The lowest BCUT2D eigenvalue weighted by molar-refractivity contribution is -0.143. The van der Waals surface area contributed by atoms with Crippen LogP contribution in [0.5, 0.6) is 0 Å². The topological polar surface area (TPSA) is 73.2 Å². The molecule has 0 bridgehead atoms. The van der Waals surface area contributed by atoms with E-state index in [9.17, 15) is 9.59 Å². The quantitative estimate of drug-likeness (QED) is 0.406. The van der Waals surface area contributed by atoms with E-state index in [4.69, 9.17) is 9.72 Å². The van der Waals surface area contributed by atoms with Crippen LogP contribution in [0.2, 0.25) is 0 Å². The summed E-state index contributed by atoms with van der Waals surface area (Å²) in [6.45, 7) is 4.94. The van der Waals surface area contributed by atoms with E-state index in [0.717, 1.165) is 53.7 Å². The van der Waals surface area contributed by atoms with Crippen LogP contribution in [0.4, 0.5) is 0 Å². The number of nitrogens with zero attached hydrogens (tertiary/aromatic N) is 2. The first-order chi connectivity index (χ1) is 14.6. The molecule has 0 aliphatic carbocycles. The van der Waals surface area contributed by atoms with E-state index in [1.54, 1.807) is 0 Å². The Morgan fingerprint density at radius 1 is 1.03 bits per heavy atom. The number of carbonyl (C=O) groups is 2. The molecule has 1 amide bonds. The van der Waals surface area contributed by atoms with Gasteiger partial charge in [0.2, 0.25) is 0 Å². The van der Waals surface area contributed by atoms with Gasteiger partial charge in [0.25, 0.3) is 5.91 Å². The van der Waals surface area contributed by atoms with E-state index in [0.29, 0.717) is 13.2 Å². The highest BCUT2D eigenvalue weighted by Crippen LogP contribution is 2.18. The zero-order chi connectivity index (χ0) is 21.3. The SMILES string of the molecule is CCOC(=O)Cn1c(CCCCCNC(=O)c2ccccc2C)nc2ccccc21. The van der Waals surface area contributed by atoms with Crippen LogP contribution in [0.1, 0.15) is 47.9 Å². The van der Waals surface area contributed by atoms with Gasteiger partial charge in [0.05, 0.1) is 17.6 Å². The highest BCUT2D eigenvalue weighted by atomic mass is 16.5. The van der Waals surface area contributed by atoms with Crippen LogP contribution in [-0.4, -0.2) is 34.6 Å². The molecule has 1 N–H and O–H groups in total. The van der Waals surface area contributed by atoms with Crippen LogP contribution < -0.4 is 5.32 Å². The standard InChI is InChI=1S/C24H29N3O3/c1-3-30-23(28)17-27-21-14-9-8-13-20(21)26-22(27)15-5-4-10-16-25-24(29)19-12-7-6-11-18(19)2/h6-9,11-14H,3-5,10,15-17H2,1-2H3,(H,25,29). The molecule has 0 aliphatic rings. The summed E-state index contributed by atoms with van der Waals surface area (Å²) in [6, 6.07) is 15.4. The van der Waals surface area contributed by atoms with Crippen molar-refractivity contribution >= 4 is 22.9 Å². The van der Waals surface area contributed by atoms with Crippen molar-refractivity contribution in [1.29, 1.82) is 0 Å². The monoisotopic (exact) mass is 407 g/mol. The van der Waals surface area contributed by atoms with E-state index in [2.05, 4.69) is 5.32 Å². The van der Waals surface area contributed by atoms with Crippen molar-refractivity contribution in [2.45, 2.75) is 46.1 Å². The maximum Gasteiger partial charge on any atom is 0.326 e. The van der Waals surface area contributed by atoms with E-state index < -0.39 is 0 Å². The average Bonchev–Trinajstić information content (AvgIpc) is 3.08. The molecule has 0 atom stereocenters. The summed E-state index contributed by atoms with van der Waals surface area (Å²) in [4.78, 5) is 29.0. The van der Waals surface area contributed by atoms with Gasteiger partial charge in [0.15, 0.2) is 0 Å². The van der Waals surface area contributed by atoms with Crippen LogP contribution in [-0.2, 0) is 22.5 Å². The van der Waals surface area contributed by atoms with Crippen molar-refractivity contribution in [2.75, 3.05) is 13.2 Å². The van der Waals surface area contributed by atoms with Crippen LogP contribution in [0, 0.1) is 6.92 Å². The van der Waals surface area contributed by atoms with Gasteiger partial charge >= 0.3 is 5.97 Å². The van der Waals surface area contributed by atoms with Gasteiger partial charge in [-0.05, 0) is 50.5 Å². The lowest BCUT2D eigenvalue weighted by Crippen LogP contribution is -2.25. The molecule has 2 aromatic carbocycles. The molecule has 30 heavy (non-hydrogen) atoms. The molecule has 3 aromatic rings. The number of carbonyl (C=O) groups excluding carboxylic acids is 2. The molecule has 0 saturated heterocycles. The Bertz CT molecular complexity index is 1010. The fraction of sp³-hybridized carbons (Fsp3) is 0.375. The van der Waals surface area contributed by atoms with Gasteiger partial charge in [-0.25, -0.2) is 4.98 Å². The Morgan fingerprint density at radius 2 is 1.80 bits per heavy atom. The first kappa shape index (κ1) is 21.6. The number of rotatable bonds is 10. The van der Waals surface area contributed by atoms with Gasteiger partial charge in [-0.1, -0.05) is 36.8 Å². The highest BCUT2D eigenvalue weighted by molar-refractivity contribution is 5.95. The number of aromatic nitrogens is 2. The third-order valence-corrected chi connectivity index (χ3v) is 5.08. The Balaban J connectivity index is 1.50. The van der Waals surface area contributed by atoms with Crippen molar-refractivity contribution in [2.24, 2.45) is 0 Å². The molecular formula is C24H29N3O3. The number of para-hydroxylation sites is 2. The third kappa shape index (κ3) is 5.47. The number of nitrogens with one attached hydrogen (secondary N) is 1. The summed E-state index contributed by atoms with van der Waals surface area (Å²) < 4.78 is 7.07. The number of ether oxygens (including phenoxy) is 1. The first-order valence-corrected chi connectivity index (χ1v) is 10.5. The summed E-state index contributed by atoms with van der Waals surface area (Å²) in [7, 11) is 0. The largest absolute Gasteiger partial charge is 0.465 e. The molecule has 6 heteroatoms. The molecule has 0 saturated carbocycles. The number of esters is 1. The maximum absolute atomic E-state index is 12.3. The van der Waals surface area contributed by atoms with E-state index in [1.807, 2.05) is 66.9 Å². The third-order valence-electron chi connectivity index (χ3n) is 5.08. The molecule has 1 aromatic heterocycles. The smallest absolute Gasteiger partial charge is 0.326 e. The predicted octanol–water partition coefficient (Wildman–Crippen LogP) is 4.05. The number of benzene rings is 2. The van der Waals surface area contributed by atoms with Gasteiger partial charge in [0, 0.05) is 18.5 Å². The minimum absolute atomic E-state index is 0.0238. The van der Waals surface area contributed by atoms with Gasteiger partial charge in [-0.3, -0.25) is 9.59 Å². The Labute approximate surface area is 177 Å². The minimum Gasteiger partial charge on any atom is -0.465 e. The van der Waals surface area contributed by atoms with E-state index in [-0.39, 0.29) is 18.4 Å². The Hall–Kier alpha value is -3.15. The Morgan fingerprint density at radius 3 is 2.60 bits per heavy atom. The average molecular weight is 408 g/mol. The fourth-order valence-electron chi connectivity index (χ4n) is 3.54. The normalized spacial score (nSPS) is 10.9. The zero-order valence-corrected chi connectivity index (χ0v) is 17.7. The Kier molecular flexibility index (Phi) is 7.60. The van der Waals surface area contributed by atoms with Gasteiger partial charge in [-0.2, -0.15) is 0 Å². The zero-order valence-electron chi connectivity index (χ0n) is 17.7. The molecule has 158 valence electrons. The molecule has 6 nitrogen and oxygen atoms in total. The number of unbranched alkanes of at least 4 members (excludes halogenated alkanes) is 2. The van der Waals surface area contributed by atoms with Gasteiger partial charge in [-0.15, -0.1) is 0 Å². The van der Waals surface area contributed by atoms with E-state index >= 15 is 0 Å². The number of amides is 1. The number of imidazole rings is 1. The number of hydrogen-bond acceptors (Lipinski definition) is 4. The number of fused-ring (bicyclic) bond motifs is 1. The van der Waals surface area contributed by atoms with Crippen molar-refractivity contribution in [3.8, 4) is 0 Å². The van der Waals surface area contributed by atoms with Crippen LogP contribution in [0.3, 0.4) is 0 Å². The summed E-state index contributed by atoms with van der Waals surface area (Å²) in [5.41, 5.74) is 3.55. The van der Waals surface area contributed by atoms with Gasteiger partial charge in [0.1, 0.15) is 12.4 Å². The number of hydrogen-bond donors (Lipinski definition) is 1. The van der Waals surface area contributed by atoms with Crippen LogP contribution in [0.15, 0.2) is 48.5 Å². The molecule has 0 aliphatic heterocycles. The summed E-state index contributed by atoms with van der Waals surface area (Å²) in [5, 5.41) is 2.99. The number of aryl methyl sites for hydroxylation is 2. The molecule has 3 rings (SSSR count). The first-order valence-electron chi connectivity index (χ1n) is 10.5. The lowest BCUT2D eigenvalue weighted by atomic mass is 10.1. The lowest BCUT2D eigenvalue weighted by Gasteiger charge is -2.09. The molecule has 0 spiro atoms. The molecule has 0 unspecified atom stereocenters.